The predicted octanol–water partition coefficient (Wildman–Crippen LogP) is 1.71. The number of carbonyl (C=O) groups is 1. The van der Waals surface area contributed by atoms with Crippen molar-refractivity contribution in [3.8, 4) is 0 Å². The number of aliphatic hydroxyl groups excluding tert-OH is 1. The summed E-state index contributed by atoms with van der Waals surface area (Å²) in [5, 5.41) is 13.4. The van der Waals surface area contributed by atoms with E-state index < -0.39 is 0 Å². The second-order valence-corrected chi connectivity index (χ2v) is 8.85. The molecule has 0 spiro atoms. The molecule has 0 aromatic heterocycles. The maximum atomic E-state index is 12.5. The highest BCUT2D eigenvalue weighted by molar-refractivity contribution is 5.78. The zero-order valence-electron chi connectivity index (χ0n) is 16.1. The minimum absolute atomic E-state index is 0.0894. The molecule has 0 aromatic carbocycles. The highest BCUT2D eigenvalue weighted by Crippen LogP contribution is 2.27. The van der Waals surface area contributed by atoms with E-state index in [-0.39, 0.29) is 23.3 Å². The Kier molecular flexibility index (Phi) is 7.08. The summed E-state index contributed by atoms with van der Waals surface area (Å²) in [6, 6.07) is 0.321. The van der Waals surface area contributed by atoms with Crippen LogP contribution in [0.25, 0.3) is 0 Å². The van der Waals surface area contributed by atoms with Crippen molar-refractivity contribution in [2.45, 2.75) is 64.5 Å². The molecule has 1 aliphatic heterocycles. The van der Waals surface area contributed by atoms with Crippen molar-refractivity contribution < 1.29 is 9.90 Å². The van der Waals surface area contributed by atoms with Crippen molar-refractivity contribution in [2.24, 2.45) is 11.3 Å². The molecule has 0 aromatic rings. The molecule has 0 bridgehead atoms. The Labute approximate surface area is 147 Å². The highest BCUT2D eigenvalue weighted by Gasteiger charge is 2.33. The summed E-state index contributed by atoms with van der Waals surface area (Å²) in [5.41, 5.74) is 0.0894. The van der Waals surface area contributed by atoms with Crippen LogP contribution in [0.2, 0.25) is 0 Å². The van der Waals surface area contributed by atoms with Gasteiger partial charge in [-0.2, -0.15) is 0 Å². The van der Waals surface area contributed by atoms with E-state index in [1.165, 1.54) is 6.42 Å². The van der Waals surface area contributed by atoms with Gasteiger partial charge in [-0.1, -0.05) is 26.7 Å². The summed E-state index contributed by atoms with van der Waals surface area (Å²) in [5.74, 6) is 0.350. The summed E-state index contributed by atoms with van der Waals surface area (Å²) < 4.78 is 0. The van der Waals surface area contributed by atoms with Gasteiger partial charge in [0.2, 0.25) is 5.91 Å². The van der Waals surface area contributed by atoms with Crippen LogP contribution in [0.5, 0.6) is 0 Å². The highest BCUT2D eigenvalue weighted by atomic mass is 16.3. The monoisotopic (exact) mass is 339 g/mol. The number of piperidine rings is 1. The molecule has 1 heterocycles. The molecule has 0 radical (unpaired) electrons. The van der Waals surface area contributed by atoms with Crippen molar-refractivity contribution in [2.75, 3.05) is 40.3 Å². The fourth-order valence-corrected chi connectivity index (χ4v) is 4.39. The molecule has 2 unspecified atom stereocenters. The topological polar surface area (TPSA) is 55.8 Å². The average molecular weight is 340 g/mol. The SMILES string of the molecule is CN(C)CC(C)(C)CNC(=O)C1CCN(C2CCCCC2O)CC1. The van der Waals surface area contributed by atoms with E-state index in [4.69, 9.17) is 0 Å². The van der Waals surface area contributed by atoms with E-state index in [0.29, 0.717) is 6.04 Å². The number of amides is 1. The molecule has 5 nitrogen and oxygen atoms in total. The fraction of sp³-hybridized carbons (Fsp3) is 0.947. The molecule has 24 heavy (non-hydrogen) atoms. The second kappa shape index (κ2) is 8.63. The Morgan fingerprint density at radius 3 is 2.38 bits per heavy atom. The van der Waals surface area contributed by atoms with Crippen LogP contribution in [0.15, 0.2) is 0 Å². The Hall–Kier alpha value is -0.650. The molecular formula is C19H37N3O2. The van der Waals surface area contributed by atoms with E-state index in [2.05, 4.69) is 43.1 Å². The van der Waals surface area contributed by atoms with E-state index in [1.54, 1.807) is 0 Å². The second-order valence-electron chi connectivity index (χ2n) is 8.85. The van der Waals surface area contributed by atoms with Crippen molar-refractivity contribution in [3.05, 3.63) is 0 Å². The summed E-state index contributed by atoms with van der Waals surface area (Å²) in [6.45, 7) is 7.97. The third-order valence-electron chi connectivity index (χ3n) is 5.55. The molecule has 2 fully saturated rings. The van der Waals surface area contributed by atoms with E-state index >= 15 is 0 Å². The van der Waals surface area contributed by atoms with E-state index in [9.17, 15) is 9.90 Å². The van der Waals surface area contributed by atoms with Gasteiger partial charge >= 0.3 is 0 Å². The van der Waals surface area contributed by atoms with Crippen molar-refractivity contribution in [3.63, 3.8) is 0 Å². The van der Waals surface area contributed by atoms with Crippen LogP contribution < -0.4 is 5.32 Å². The minimum Gasteiger partial charge on any atom is -0.391 e. The van der Waals surface area contributed by atoms with Gasteiger partial charge in [-0.15, -0.1) is 0 Å². The average Bonchev–Trinajstić information content (AvgIpc) is 2.52. The first-order valence-corrected chi connectivity index (χ1v) is 9.63. The van der Waals surface area contributed by atoms with Gasteiger partial charge in [0.1, 0.15) is 0 Å². The van der Waals surface area contributed by atoms with Gasteiger partial charge < -0.3 is 15.3 Å². The first-order valence-electron chi connectivity index (χ1n) is 9.63. The van der Waals surface area contributed by atoms with E-state index in [0.717, 1.165) is 58.3 Å². The molecule has 140 valence electrons. The third-order valence-corrected chi connectivity index (χ3v) is 5.55. The van der Waals surface area contributed by atoms with Crippen LogP contribution in [-0.2, 0) is 4.79 Å². The lowest BCUT2D eigenvalue weighted by Gasteiger charge is -2.41. The Balaban J connectivity index is 1.74. The number of nitrogens with one attached hydrogen (secondary N) is 1. The molecule has 2 atom stereocenters. The molecule has 1 aliphatic carbocycles. The van der Waals surface area contributed by atoms with Crippen LogP contribution in [0, 0.1) is 11.3 Å². The molecule has 2 aliphatic rings. The molecule has 1 saturated heterocycles. The number of nitrogens with zero attached hydrogens (tertiary/aromatic N) is 2. The number of aliphatic hydroxyl groups is 1. The normalized spacial score (nSPS) is 27.4. The van der Waals surface area contributed by atoms with Gasteiger partial charge in [-0.05, 0) is 58.3 Å². The Bertz CT molecular complexity index is 403. The lowest BCUT2D eigenvalue weighted by atomic mass is 9.87. The van der Waals surface area contributed by atoms with E-state index in [1.807, 2.05) is 0 Å². The smallest absolute Gasteiger partial charge is 0.223 e. The fourth-order valence-electron chi connectivity index (χ4n) is 4.39. The van der Waals surface area contributed by atoms with Gasteiger partial charge in [0.25, 0.3) is 0 Å². The van der Waals surface area contributed by atoms with Crippen LogP contribution in [-0.4, -0.2) is 73.2 Å². The summed E-state index contributed by atoms with van der Waals surface area (Å²) in [7, 11) is 4.14. The zero-order chi connectivity index (χ0) is 17.7. The predicted molar refractivity (Wildman–Crippen MR) is 97.9 cm³/mol. The van der Waals surface area contributed by atoms with Crippen molar-refractivity contribution >= 4 is 5.91 Å². The number of likely N-dealkylation sites (tertiary alicyclic amines) is 1. The number of carbonyl (C=O) groups excluding carboxylic acids is 1. The lowest BCUT2D eigenvalue weighted by molar-refractivity contribution is -0.127. The van der Waals surface area contributed by atoms with Crippen LogP contribution in [0.4, 0.5) is 0 Å². The largest absolute Gasteiger partial charge is 0.391 e. The summed E-state index contributed by atoms with van der Waals surface area (Å²) >= 11 is 0. The maximum Gasteiger partial charge on any atom is 0.223 e. The van der Waals surface area contributed by atoms with Crippen molar-refractivity contribution in [1.82, 2.24) is 15.1 Å². The van der Waals surface area contributed by atoms with Gasteiger partial charge in [0, 0.05) is 25.0 Å². The molecule has 5 heteroatoms. The first kappa shape index (κ1) is 19.7. The number of hydrogen-bond acceptors (Lipinski definition) is 4. The Morgan fingerprint density at radius 2 is 1.79 bits per heavy atom. The number of hydrogen-bond donors (Lipinski definition) is 2. The lowest BCUT2D eigenvalue weighted by Crippen LogP contribution is -2.51. The summed E-state index contributed by atoms with van der Waals surface area (Å²) in [4.78, 5) is 17.1. The van der Waals surface area contributed by atoms with Crippen LogP contribution in [0.1, 0.15) is 52.4 Å². The molecule has 1 amide bonds. The quantitative estimate of drug-likeness (QED) is 0.773. The Morgan fingerprint density at radius 1 is 1.17 bits per heavy atom. The zero-order valence-corrected chi connectivity index (χ0v) is 16.1. The molecular weight excluding hydrogens is 302 g/mol. The van der Waals surface area contributed by atoms with Crippen LogP contribution in [0.3, 0.4) is 0 Å². The maximum absolute atomic E-state index is 12.5. The number of rotatable bonds is 6. The summed E-state index contributed by atoms with van der Waals surface area (Å²) in [6.07, 6.45) is 6.09. The van der Waals surface area contributed by atoms with Crippen molar-refractivity contribution in [1.29, 1.82) is 0 Å². The van der Waals surface area contributed by atoms with Gasteiger partial charge in [-0.3, -0.25) is 9.69 Å². The first-order chi connectivity index (χ1) is 11.3. The minimum atomic E-state index is -0.170. The third kappa shape index (κ3) is 5.71. The van der Waals surface area contributed by atoms with Gasteiger partial charge in [0.15, 0.2) is 0 Å². The molecule has 2 N–H and O–H groups in total. The molecule has 1 saturated carbocycles. The van der Waals surface area contributed by atoms with Gasteiger partial charge in [-0.25, -0.2) is 0 Å². The van der Waals surface area contributed by atoms with Gasteiger partial charge in [0.05, 0.1) is 6.10 Å². The molecule has 2 rings (SSSR count). The van der Waals surface area contributed by atoms with Crippen LogP contribution >= 0.6 is 0 Å². The standard InChI is InChI=1S/C19H37N3O2/c1-19(2,14-21(3)4)13-20-18(24)15-9-11-22(12-10-15)16-7-5-6-8-17(16)23/h15-17,23H,5-14H2,1-4H3,(H,20,24).